The molecule has 1 aromatic carbocycles. The van der Waals surface area contributed by atoms with E-state index in [1.165, 1.54) is 11.3 Å². The van der Waals surface area contributed by atoms with Crippen LogP contribution >= 0.6 is 11.3 Å². The Kier molecular flexibility index (Phi) is 6.61. The van der Waals surface area contributed by atoms with Crippen molar-refractivity contribution in [1.29, 1.82) is 5.26 Å². The number of amides is 1. The molecule has 0 saturated carbocycles. The third-order valence-corrected chi connectivity index (χ3v) is 6.99. The van der Waals surface area contributed by atoms with Gasteiger partial charge in [-0.3, -0.25) is 9.78 Å². The molecular weight excluding hydrogens is 462 g/mol. The molecule has 1 aliphatic rings. The fraction of sp³-hybridized carbons (Fsp3) is 0.280. The van der Waals surface area contributed by atoms with E-state index in [1.54, 1.807) is 24.7 Å². The second-order valence-electron chi connectivity index (χ2n) is 8.30. The van der Waals surface area contributed by atoms with E-state index in [9.17, 15) is 10.1 Å². The number of fused-ring (bicyclic) bond motifs is 1. The van der Waals surface area contributed by atoms with Gasteiger partial charge in [-0.1, -0.05) is 12.1 Å². The number of carbonyl (C=O) groups is 1. The van der Waals surface area contributed by atoms with Crippen LogP contribution in [0.15, 0.2) is 55.0 Å². The smallest absolute Gasteiger partial charge is 0.316 e. The topological polar surface area (TPSA) is 108 Å². The van der Waals surface area contributed by atoms with Crippen LogP contribution in [0.3, 0.4) is 0 Å². The standard InChI is InChI=1S/C25H23N7O2S/c1-31-10-12-32(13-11-31)24(33)18-4-2-17(3-5-18)16-34-25-28-9-6-20(30-25)19(14-26)23-29-21-15-27-8-7-22(21)35-23/h2-9,15,19H,10-13,16H2,1H3. The van der Waals surface area contributed by atoms with E-state index in [0.717, 1.165) is 42.0 Å². The van der Waals surface area contributed by atoms with Crippen molar-refractivity contribution >= 4 is 27.5 Å². The summed E-state index contributed by atoms with van der Waals surface area (Å²) in [5, 5.41) is 10.5. The van der Waals surface area contributed by atoms with Crippen molar-refractivity contribution in [2.75, 3.05) is 33.2 Å². The molecule has 4 aromatic rings. The number of nitriles is 1. The van der Waals surface area contributed by atoms with Crippen LogP contribution in [0, 0.1) is 11.3 Å². The monoisotopic (exact) mass is 485 g/mol. The number of nitrogens with zero attached hydrogens (tertiary/aromatic N) is 7. The Balaban J connectivity index is 1.24. The number of likely N-dealkylation sites (N-methyl/N-ethyl adjacent to an activating group) is 1. The van der Waals surface area contributed by atoms with Crippen molar-refractivity contribution in [3.63, 3.8) is 0 Å². The number of rotatable bonds is 6. The molecule has 0 N–H and O–H groups in total. The third-order valence-electron chi connectivity index (χ3n) is 5.89. The van der Waals surface area contributed by atoms with Gasteiger partial charge in [0.05, 0.1) is 28.2 Å². The molecule has 5 rings (SSSR count). The summed E-state index contributed by atoms with van der Waals surface area (Å²) in [6, 6.07) is 13.4. The largest absolute Gasteiger partial charge is 0.459 e. The second-order valence-corrected chi connectivity index (χ2v) is 9.36. The van der Waals surface area contributed by atoms with Crippen molar-refractivity contribution < 1.29 is 9.53 Å². The Morgan fingerprint density at radius 1 is 1.11 bits per heavy atom. The molecule has 1 unspecified atom stereocenters. The highest BCUT2D eigenvalue weighted by atomic mass is 32.1. The van der Waals surface area contributed by atoms with E-state index in [0.29, 0.717) is 16.3 Å². The Labute approximate surface area is 206 Å². The molecule has 1 fully saturated rings. The first-order valence-electron chi connectivity index (χ1n) is 11.2. The Morgan fingerprint density at radius 2 is 1.91 bits per heavy atom. The maximum atomic E-state index is 12.7. The highest BCUT2D eigenvalue weighted by molar-refractivity contribution is 7.18. The van der Waals surface area contributed by atoms with Gasteiger partial charge in [0.2, 0.25) is 0 Å². The van der Waals surface area contributed by atoms with Crippen LogP contribution in [0.4, 0.5) is 0 Å². The molecular formula is C25H23N7O2S. The number of aromatic nitrogens is 4. The van der Waals surface area contributed by atoms with Gasteiger partial charge in [-0.15, -0.1) is 11.3 Å². The predicted molar refractivity (Wildman–Crippen MR) is 131 cm³/mol. The number of hydrogen-bond donors (Lipinski definition) is 0. The van der Waals surface area contributed by atoms with Crippen LogP contribution in [0.2, 0.25) is 0 Å². The SMILES string of the molecule is CN1CCN(C(=O)c2ccc(COc3nccc(C(C#N)c4nc5cnccc5s4)n3)cc2)CC1. The number of thiazole rings is 1. The van der Waals surface area contributed by atoms with Gasteiger partial charge in [0, 0.05) is 44.1 Å². The summed E-state index contributed by atoms with van der Waals surface area (Å²) in [5.74, 6) is -0.576. The third kappa shape index (κ3) is 5.11. The normalized spacial score (nSPS) is 15.0. The van der Waals surface area contributed by atoms with Gasteiger partial charge in [-0.2, -0.15) is 10.2 Å². The zero-order valence-corrected chi connectivity index (χ0v) is 20.0. The summed E-state index contributed by atoms with van der Waals surface area (Å²) < 4.78 is 6.76. The molecule has 10 heteroatoms. The molecule has 1 aliphatic heterocycles. The van der Waals surface area contributed by atoms with Gasteiger partial charge in [0.1, 0.15) is 17.5 Å². The van der Waals surface area contributed by atoms with Crippen LogP contribution in [-0.2, 0) is 6.61 Å². The number of benzene rings is 1. The first kappa shape index (κ1) is 22.8. The van der Waals surface area contributed by atoms with E-state index in [-0.39, 0.29) is 18.5 Å². The quantitative estimate of drug-likeness (QED) is 0.410. The molecule has 9 nitrogen and oxygen atoms in total. The summed E-state index contributed by atoms with van der Waals surface area (Å²) >= 11 is 1.45. The van der Waals surface area contributed by atoms with E-state index in [1.807, 2.05) is 35.2 Å². The maximum Gasteiger partial charge on any atom is 0.316 e. The minimum Gasteiger partial charge on any atom is -0.459 e. The van der Waals surface area contributed by atoms with Crippen LogP contribution in [0.1, 0.15) is 32.5 Å². The number of ether oxygens (including phenoxy) is 1. The van der Waals surface area contributed by atoms with Crippen molar-refractivity contribution in [2.24, 2.45) is 0 Å². The highest BCUT2D eigenvalue weighted by Crippen LogP contribution is 2.30. The fourth-order valence-electron chi connectivity index (χ4n) is 3.84. The van der Waals surface area contributed by atoms with Gasteiger partial charge in [-0.05, 0) is 36.9 Å². The van der Waals surface area contributed by atoms with Gasteiger partial charge >= 0.3 is 6.01 Å². The Morgan fingerprint density at radius 3 is 2.66 bits per heavy atom. The molecule has 4 heterocycles. The van der Waals surface area contributed by atoms with Crippen molar-refractivity contribution in [3.8, 4) is 12.1 Å². The zero-order chi connectivity index (χ0) is 24.2. The molecule has 3 aromatic heterocycles. The molecule has 0 spiro atoms. The second kappa shape index (κ2) is 10.1. The van der Waals surface area contributed by atoms with Crippen LogP contribution in [0.5, 0.6) is 6.01 Å². The molecule has 1 atom stereocenters. The van der Waals surface area contributed by atoms with E-state index < -0.39 is 5.92 Å². The van der Waals surface area contributed by atoms with Crippen LogP contribution in [0.25, 0.3) is 10.2 Å². The number of pyridine rings is 1. The minimum absolute atomic E-state index is 0.0507. The van der Waals surface area contributed by atoms with Gasteiger partial charge in [0.25, 0.3) is 5.91 Å². The number of piperazine rings is 1. The lowest BCUT2D eigenvalue weighted by atomic mass is 10.1. The molecule has 0 aliphatic carbocycles. The predicted octanol–water partition coefficient (Wildman–Crippen LogP) is 3.10. The molecule has 0 bridgehead atoms. The lowest BCUT2D eigenvalue weighted by Gasteiger charge is -2.32. The van der Waals surface area contributed by atoms with E-state index in [2.05, 4.69) is 38.0 Å². The van der Waals surface area contributed by atoms with Gasteiger partial charge in [0.15, 0.2) is 0 Å². The Bertz CT molecular complexity index is 1340. The first-order chi connectivity index (χ1) is 17.1. The van der Waals surface area contributed by atoms with E-state index >= 15 is 0 Å². The summed E-state index contributed by atoms with van der Waals surface area (Å²) in [6.45, 7) is 3.51. The Hall–Kier alpha value is -3.94. The van der Waals surface area contributed by atoms with Gasteiger partial charge < -0.3 is 14.5 Å². The average molecular weight is 486 g/mol. The molecule has 1 amide bonds. The minimum atomic E-state index is -0.627. The van der Waals surface area contributed by atoms with Crippen LogP contribution < -0.4 is 4.74 Å². The van der Waals surface area contributed by atoms with Crippen molar-refractivity contribution in [3.05, 3.63) is 76.8 Å². The summed E-state index contributed by atoms with van der Waals surface area (Å²) in [7, 11) is 2.06. The fourth-order valence-corrected chi connectivity index (χ4v) is 4.83. The van der Waals surface area contributed by atoms with Gasteiger partial charge in [-0.25, -0.2) is 9.97 Å². The van der Waals surface area contributed by atoms with Crippen molar-refractivity contribution in [1.82, 2.24) is 29.7 Å². The van der Waals surface area contributed by atoms with Crippen molar-refractivity contribution in [2.45, 2.75) is 12.5 Å². The lowest BCUT2D eigenvalue weighted by Crippen LogP contribution is -2.47. The summed E-state index contributed by atoms with van der Waals surface area (Å²) in [4.78, 5) is 34.1. The highest BCUT2D eigenvalue weighted by Gasteiger charge is 2.22. The average Bonchev–Trinajstić information content (AvgIpc) is 3.32. The number of carbonyl (C=O) groups excluding carboxylic acids is 1. The summed E-state index contributed by atoms with van der Waals surface area (Å²) in [6.07, 6.45) is 4.97. The molecule has 176 valence electrons. The first-order valence-corrected chi connectivity index (χ1v) is 12.0. The molecule has 1 saturated heterocycles. The molecule has 35 heavy (non-hydrogen) atoms. The van der Waals surface area contributed by atoms with Crippen LogP contribution in [-0.4, -0.2) is 68.9 Å². The van der Waals surface area contributed by atoms with E-state index in [4.69, 9.17) is 4.74 Å². The maximum absolute atomic E-state index is 12.7. The number of hydrogen-bond acceptors (Lipinski definition) is 9. The zero-order valence-electron chi connectivity index (χ0n) is 19.2. The lowest BCUT2D eigenvalue weighted by molar-refractivity contribution is 0.0664. The summed E-state index contributed by atoms with van der Waals surface area (Å²) in [5.41, 5.74) is 2.84. The molecule has 0 radical (unpaired) electrons.